The Kier molecular flexibility index (Phi) is 3.39. The quantitative estimate of drug-likeness (QED) is 0.615. The molecule has 0 aliphatic heterocycles. The number of nitrogens with zero attached hydrogens (tertiary/aromatic N) is 1. The number of hydrogen-bond donors (Lipinski definition) is 0. The molecule has 0 radical (unpaired) electrons. The maximum Gasteiger partial charge on any atom is 0.213 e. The zero-order chi connectivity index (χ0) is 13.3. The molecular weight excluding hydrogens is 260 g/mol. The van der Waals surface area contributed by atoms with Crippen molar-refractivity contribution < 1.29 is 13.6 Å². The van der Waals surface area contributed by atoms with Gasteiger partial charge in [0, 0.05) is 11.6 Å². The number of pyridine rings is 1. The van der Waals surface area contributed by atoms with Crippen molar-refractivity contribution in [3.8, 4) is 0 Å². The lowest BCUT2D eigenvalue weighted by Gasteiger charge is -2.06. The molecule has 1 aromatic carbocycles. The molecule has 0 saturated heterocycles. The van der Waals surface area contributed by atoms with E-state index in [1.54, 1.807) is 19.1 Å². The first-order valence-electron chi connectivity index (χ1n) is 5.11. The first-order chi connectivity index (χ1) is 8.50. The molecule has 92 valence electrons. The van der Waals surface area contributed by atoms with Gasteiger partial charge in [0.1, 0.15) is 0 Å². The molecule has 0 spiro atoms. The molecule has 0 fully saturated rings. The summed E-state index contributed by atoms with van der Waals surface area (Å²) in [6.45, 7) is 1.72. The SMILES string of the molecule is Cc1cccc(C(=O)c2cc(F)ncc2F)c1Cl. The van der Waals surface area contributed by atoms with Crippen molar-refractivity contribution >= 4 is 17.4 Å². The molecule has 2 nitrogen and oxygen atoms in total. The predicted octanol–water partition coefficient (Wildman–Crippen LogP) is 3.55. The molecule has 0 atom stereocenters. The second-order valence-corrected chi connectivity index (χ2v) is 4.13. The molecule has 2 aromatic rings. The molecule has 5 heteroatoms. The summed E-state index contributed by atoms with van der Waals surface area (Å²) >= 11 is 5.98. The van der Waals surface area contributed by atoms with Crippen LogP contribution in [-0.4, -0.2) is 10.8 Å². The maximum atomic E-state index is 13.4. The lowest BCUT2D eigenvalue weighted by molar-refractivity contribution is 0.103. The van der Waals surface area contributed by atoms with Gasteiger partial charge in [-0.15, -0.1) is 0 Å². The highest BCUT2D eigenvalue weighted by atomic mass is 35.5. The van der Waals surface area contributed by atoms with Crippen LogP contribution < -0.4 is 0 Å². The van der Waals surface area contributed by atoms with Gasteiger partial charge in [0.25, 0.3) is 0 Å². The van der Waals surface area contributed by atoms with Gasteiger partial charge in [0.05, 0.1) is 16.8 Å². The Morgan fingerprint density at radius 2 is 2.00 bits per heavy atom. The molecule has 2 rings (SSSR count). The second-order valence-electron chi connectivity index (χ2n) is 3.75. The van der Waals surface area contributed by atoms with Crippen molar-refractivity contribution in [2.45, 2.75) is 6.92 Å². The third kappa shape index (κ3) is 2.24. The standard InChI is InChI=1S/C13H8ClF2NO/c1-7-3-2-4-8(12(7)14)13(18)9-5-11(16)17-6-10(9)15/h2-6H,1H3. The fraction of sp³-hybridized carbons (Fsp3) is 0.0769. The Morgan fingerprint density at radius 1 is 1.28 bits per heavy atom. The van der Waals surface area contributed by atoms with E-state index >= 15 is 0 Å². The fourth-order valence-electron chi connectivity index (χ4n) is 1.56. The van der Waals surface area contributed by atoms with E-state index in [-0.39, 0.29) is 16.1 Å². The van der Waals surface area contributed by atoms with Crippen LogP contribution in [0.25, 0.3) is 0 Å². The number of halogens is 3. The van der Waals surface area contributed by atoms with E-state index in [4.69, 9.17) is 11.6 Å². The van der Waals surface area contributed by atoms with Crippen LogP contribution in [-0.2, 0) is 0 Å². The molecular formula is C13H8ClF2NO. The summed E-state index contributed by atoms with van der Waals surface area (Å²) in [6, 6.07) is 5.58. The van der Waals surface area contributed by atoms with Crippen molar-refractivity contribution in [1.82, 2.24) is 4.98 Å². The number of hydrogen-bond acceptors (Lipinski definition) is 2. The van der Waals surface area contributed by atoms with Gasteiger partial charge in [-0.3, -0.25) is 4.79 Å². The molecule has 0 aliphatic rings. The average Bonchev–Trinajstić information content (AvgIpc) is 2.35. The molecule has 1 heterocycles. The van der Waals surface area contributed by atoms with E-state index in [1.807, 2.05) is 0 Å². The highest BCUT2D eigenvalue weighted by molar-refractivity contribution is 6.35. The number of ketones is 1. The van der Waals surface area contributed by atoms with E-state index in [0.717, 1.165) is 6.07 Å². The van der Waals surface area contributed by atoms with Crippen molar-refractivity contribution in [3.05, 3.63) is 63.9 Å². The largest absolute Gasteiger partial charge is 0.288 e. The summed E-state index contributed by atoms with van der Waals surface area (Å²) in [6.07, 6.45) is 0.673. The zero-order valence-electron chi connectivity index (χ0n) is 9.38. The zero-order valence-corrected chi connectivity index (χ0v) is 10.1. The lowest BCUT2D eigenvalue weighted by atomic mass is 10.0. The van der Waals surface area contributed by atoms with Crippen molar-refractivity contribution in [2.75, 3.05) is 0 Å². The number of benzene rings is 1. The first-order valence-corrected chi connectivity index (χ1v) is 5.49. The normalized spacial score (nSPS) is 10.4. The van der Waals surface area contributed by atoms with E-state index in [9.17, 15) is 13.6 Å². The Morgan fingerprint density at radius 3 is 2.72 bits per heavy atom. The van der Waals surface area contributed by atoms with Crippen molar-refractivity contribution in [1.29, 1.82) is 0 Å². The third-order valence-electron chi connectivity index (χ3n) is 2.50. The van der Waals surface area contributed by atoms with Crippen LogP contribution in [0.3, 0.4) is 0 Å². The molecule has 0 unspecified atom stereocenters. The third-order valence-corrected chi connectivity index (χ3v) is 3.00. The van der Waals surface area contributed by atoms with E-state index < -0.39 is 17.5 Å². The fourth-order valence-corrected chi connectivity index (χ4v) is 1.77. The Balaban J connectivity index is 2.55. The number of rotatable bonds is 2. The minimum absolute atomic E-state index is 0.140. The monoisotopic (exact) mass is 267 g/mol. The summed E-state index contributed by atoms with van der Waals surface area (Å²) in [5, 5.41) is 0.235. The van der Waals surface area contributed by atoms with Crippen molar-refractivity contribution in [3.63, 3.8) is 0 Å². The molecule has 0 saturated carbocycles. The molecule has 1 aromatic heterocycles. The van der Waals surface area contributed by atoms with Gasteiger partial charge in [-0.1, -0.05) is 23.7 Å². The lowest BCUT2D eigenvalue weighted by Crippen LogP contribution is -2.07. The highest BCUT2D eigenvalue weighted by Crippen LogP contribution is 2.24. The Bertz CT molecular complexity index is 624. The minimum Gasteiger partial charge on any atom is -0.288 e. The molecule has 0 amide bonds. The number of aryl methyl sites for hydroxylation is 1. The van der Waals surface area contributed by atoms with Crippen LogP contribution in [0.4, 0.5) is 8.78 Å². The summed E-state index contributed by atoms with van der Waals surface area (Å²) in [7, 11) is 0. The van der Waals surface area contributed by atoms with Crippen LogP contribution >= 0.6 is 11.6 Å². The molecule has 0 aliphatic carbocycles. The minimum atomic E-state index is -0.913. The van der Waals surface area contributed by atoms with E-state index in [0.29, 0.717) is 11.8 Å². The first kappa shape index (κ1) is 12.6. The van der Waals surface area contributed by atoms with Crippen LogP contribution in [0.15, 0.2) is 30.5 Å². The van der Waals surface area contributed by atoms with Gasteiger partial charge >= 0.3 is 0 Å². The summed E-state index contributed by atoms with van der Waals surface area (Å²) < 4.78 is 26.4. The van der Waals surface area contributed by atoms with Crippen LogP contribution in [0, 0.1) is 18.7 Å². The highest BCUT2D eigenvalue weighted by Gasteiger charge is 2.18. The van der Waals surface area contributed by atoms with E-state index in [2.05, 4.69) is 4.98 Å². The van der Waals surface area contributed by atoms with Crippen molar-refractivity contribution in [2.24, 2.45) is 0 Å². The van der Waals surface area contributed by atoms with Crippen LogP contribution in [0.1, 0.15) is 21.5 Å². The van der Waals surface area contributed by atoms with Gasteiger partial charge < -0.3 is 0 Å². The summed E-state index contributed by atoms with van der Waals surface area (Å²) in [5.41, 5.74) is 0.452. The number of carbonyl (C=O) groups excluding carboxylic acids is 1. The average molecular weight is 268 g/mol. The summed E-state index contributed by atoms with van der Waals surface area (Å²) in [5.74, 6) is -2.45. The van der Waals surface area contributed by atoms with Gasteiger partial charge in [-0.2, -0.15) is 4.39 Å². The second kappa shape index (κ2) is 4.82. The van der Waals surface area contributed by atoms with Gasteiger partial charge in [0.15, 0.2) is 11.6 Å². The Labute approximate surface area is 107 Å². The Hall–Kier alpha value is -1.81. The number of aromatic nitrogens is 1. The van der Waals surface area contributed by atoms with Gasteiger partial charge in [-0.05, 0) is 18.6 Å². The smallest absolute Gasteiger partial charge is 0.213 e. The van der Waals surface area contributed by atoms with E-state index in [1.165, 1.54) is 6.07 Å². The van der Waals surface area contributed by atoms with Gasteiger partial charge in [0.2, 0.25) is 5.95 Å². The predicted molar refractivity (Wildman–Crippen MR) is 63.8 cm³/mol. The topological polar surface area (TPSA) is 30.0 Å². The maximum absolute atomic E-state index is 13.4. The molecule has 18 heavy (non-hydrogen) atoms. The molecule has 0 N–H and O–H groups in total. The number of carbonyl (C=O) groups is 1. The van der Waals surface area contributed by atoms with Gasteiger partial charge in [-0.25, -0.2) is 9.37 Å². The van der Waals surface area contributed by atoms with Crippen LogP contribution in [0.5, 0.6) is 0 Å². The summed E-state index contributed by atoms with van der Waals surface area (Å²) in [4.78, 5) is 15.2. The molecule has 0 bridgehead atoms. The van der Waals surface area contributed by atoms with Crippen LogP contribution in [0.2, 0.25) is 5.02 Å².